The van der Waals surface area contributed by atoms with E-state index in [-0.39, 0.29) is 32.5 Å². The molecule has 0 spiro atoms. The predicted octanol–water partition coefficient (Wildman–Crippen LogP) is 2.09. The van der Waals surface area contributed by atoms with Crippen LogP contribution in [0.2, 0.25) is 0 Å². The largest absolute Gasteiger partial charge is 0.481 e. The van der Waals surface area contributed by atoms with E-state index in [1.807, 2.05) is 6.92 Å². The van der Waals surface area contributed by atoms with Crippen molar-refractivity contribution in [2.75, 3.05) is 0 Å². The Morgan fingerprint density at radius 1 is 1.44 bits per heavy atom. The first kappa shape index (κ1) is 14.8. The number of nitro groups is 1. The quantitative estimate of drug-likeness (QED) is 0.586. The summed E-state index contributed by atoms with van der Waals surface area (Å²) in [6, 6.07) is 3.20. The fourth-order valence-electron chi connectivity index (χ4n) is 2.42. The average Bonchev–Trinajstić information content (AvgIpc) is 2.28. The third-order valence-electron chi connectivity index (χ3n) is 3.38. The van der Waals surface area contributed by atoms with Gasteiger partial charge in [0.25, 0.3) is 5.69 Å². The summed E-state index contributed by atoms with van der Waals surface area (Å²) >= 11 is 0. The van der Waals surface area contributed by atoms with E-state index in [9.17, 15) is 14.9 Å². The zero-order valence-electron chi connectivity index (χ0n) is 9.85. The van der Waals surface area contributed by atoms with E-state index < -0.39 is 16.8 Å². The van der Waals surface area contributed by atoms with Crippen LogP contribution in [0, 0.1) is 23.0 Å². The maximum Gasteiger partial charge on any atom is 0.306 e. The fourth-order valence-corrected chi connectivity index (χ4v) is 2.42. The first-order valence-electron chi connectivity index (χ1n) is 5.49. The van der Waals surface area contributed by atoms with Crippen molar-refractivity contribution in [2.24, 2.45) is 5.92 Å². The Morgan fingerprint density at radius 3 is 2.67 bits per heavy atom. The smallest absolute Gasteiger partial charge is 0.306 e. The van der Waals surface area contributed by atoms with Crippen LogP contribution in [0.15, 0.2) is 12.1 Å². The first-order chi connectivity index (χ1) is 8.00. The summed E-state index contributed by atoms with van der Waals surface area (Å²) in [7, 11) is 0. The number of fused-ring (bicyclic) bond motifs is 1. The number of carboxylic acids is 1. The number of nitro benzene ring substituents is 1. The number of carboxylic acid groups (broad SMARTS) is 1. The van der Waals surface area contributed by atoms with Crippen molar-refractivity contribution >= 4 is 11.7 Å². The van der Waals surface area contributed by atoms with Gasteiger partial charge in [-0.15, -0.1) is 0 Å². The zero-order chi connectivity index (χ0) is 12.6. The van der Waals surface area contributed by atoms with E-state index in [1.54, 1.807) is 6.07 Å². The topological polar surface area (TPSA) is 80.4 Å². The number of rotatable bonds is 2. The Hall–Kier alpha value is -1.25. The van der Waals surface area contributed by atoms with Gasteiger partial charge in [-0.05, 0) is 37.3 Å². The Balaban J connectivity index is 0.00000162. The summed E-state index contributed by atoms with van der Waals surface area (Å²) in [5.41, 5.74) is 2.62. The normalized spacial score (nSPS) is 17.5. The second-order valence-electron chi connectivity index (χ2n) is 4.39. The molecule has 0 aromatic heterocycles. The molecule has 1 aromatic carbocycles. The maximum absolute atomic E-state index is 11.0. The molecule has 1 aliphatic rings. The van der Waals surface area contributed by atoms with Crippen molar-refractivity contribution in [1.29, 1.82) is 0 Å². The van der Waals surface area contributed by atoms with Crippen LogP contribution < -0.4 is 0 Å². The van der Waals surface area contributed by atoms with Crippen molar-refractivity contribution in [3.8, 4) is 0 Å². The van der Waals surface area contributed by atoms with Gasteiger partial charge in [-0.1, -0.05) is 6.07 Å². The Bertz CT molecular complexity index is 501. The summed E-state index contributed by atoms with van der Waals surface area (Å²) in [6.45, 7) is 1.91. The van der Waals surface area contributed by atoms with E-state index in [0.717, 1.165) is 11.1 Å². The molecule has 1 aliphatic carbocycles. The molecule has 18 heavy (non-hydrogen) atoms. The van der Waals surface area contributed by atoms with Crippen LogP contribution in [0.5, 0.6) is 0 Å². The van der Waals surface area contributed by atoms with Crippen molar-refractivity contribution in [3.63, 3.8) is 0 Å². The molecule has 0 fully saturated rings. The maximum atomic E-state index is 11.0. The van der Waals surface area contributed by atoms with E-state index in [1.165, 1.54) is 6.07 Å². The Morgan fingerprint density at radius 2 is 2.11 bits per heavy atom. The number of carbonyl (C=O) groups is 1. The summed E-state index contributed by atoms with van der Waals surface area (Å²) in [5.74, 6) is -1.37. The van der Waals surface area contributed by atoms with Crippen LogP contribution in [-0.2, 0) is 38.1 Å². The molecule has 0 amide bonds. The minimum atomic E-state index is -0.869. The summed E-state index contributed by atoms with van der Waals surface area (Å²) in [5, 5.41) is 19.9. The van der Waals surface area contributed by atoms with Crippen LogP contribution >= 0.6 is 0 Å². The molecule has 5 nitrogen and oxygen atoms in total. The molecule has 2 rings (SSSR count). The number of benzene rings is 1. The van der Waals surface area contributed by atoms with Gasteiger partial charge in [0.1, 0.15) is 0 Å². The van der Waals surface area contributed by atoms with Gasteiger partial charge in [0, 0.05) is 32.1 Å². The van der Waals surface area contributed by atoms with Gasteiger partial charge in [-0.3, -0.25) is 14.9 Å². The predicted molar refractivity (Wildman–Crippen MR) is 61.0 cm³/mol. The molecular weight excluding hydrogens is 408 g/mol. The molecule has 1 unspecified atom stereocenters. The SMILES string of the molecule is Cc1ccc([N+](=O)[O-])c2c1CCC(C(=O)O)C2.[Re]. The van der Waals surface area contributed by atoms with E-state index in [4.69, 9.17) is 5.11 Å². The third kappa shape index (κ3) is 2.60. The summed E-state index contributed by atoms with van der Waals surface area (Å²) < 4.78 is 0. The van der Waals surface area contributed by atoms with Crippen LogP contribution in [0.4, 0.5) is 5.69 Å². The second-order valence-corrected chi connectivity index (χ2v) is 4.39. The van der Waals surface area contributed by atoms with Gasteiger partial charge in [0.05, 0.1) is 10.8 Å². The Kier molecular flexibility index (Phi) is 4.60. The number of hydrogen-bond acceptors (Lipinski definition) is 3. The molecule has 1 atom stereocenters. The van der Waals surface area contributed by atoms with Gasteiger partial charge < -0.3 is 5.11 Å². The molecule has 0 saturated heterocycles. The standard InChI is InChI=1S/C12H13NO4.Re/c1-7-2-5-11(13(16)17)10-6-8(12(14)15)3-4-9(7)10;/h2,5,8H,3-4,6H2,1H3,(H,14,15);. The van der Waals surface area contributed by atoms with Crippen molar-refractivity contribution < 1.29 is 35.2 Å². The second kappa shape index (κ2) is 5.60. The average molecular weight is 421 g/mol. The number of aliphatic carboxylic acids is 1. The third-order valence-corrected chi connectivity index (χ3v) is 3.38. The van der Waals surface area contributed by atoms with Gasteiger partial charge in [-0.2, -0.15) is 0 Å². The van der Waals surface area contributed by atoms with Gasteiger partial charge in [0.2, 0.25) is 0 Å². The van der Waals surface area contributed by atoms with Gasteiger partial charge in [0.15, 0.2) is 0 Å². The number of aryl methyl sites for hydroxylation is 1. The molecule has 0 aliphatic heterocycles. The molecule has 1 radical (unpaired) electrons. The Labute approximate surface area is 118 Å². The van der Waals surface area contributed by atoms with Crippen molar-refractivity contribution in [1.82, 2.24) is 0 Å². The number of hydrogen-bond donors (Lipinski definition) is 1. The minimum absolute atomic E-state index is 0. The fraction of sp³-hybridized carbons (Fsp3) is 0.417. The first-order valence-corrected chi connectivity index (χ1v) is 5.49. The summed E-state index contributed by atoms with van der Waals surface area (Å²) in [6.07, 6.45) is 1.44. The van der Waals surface area contributed by atoms with Gasteiger partial charge >= 0.3 is 5.97 Å². The molecule has 97 valence electrons. The monoisotopic (exact) mass is 422 g/mol. The molecule has 1 aromatic rings. The van der Waals surface area contributed by atoms with Crippen LogP contribution in [-0.4, -0.2) is 16.0 Å². The van der Waals surface area contributed by atoms with Gasteiger partial charge in [-0.25, -0.2) is 0 Å². The molecule has 0 saturated carbocycles. The zero-order valence-corrected chi connectivity index (χ0v) is 12.6. The van der Waals surface area contributed by atoms with Crippen LogP contribution in [0.3, 0.4) is 0 Å². The van der Waals surface area contributed by atoms with E-state index in [2.05, 4.69) is 0 Å². The van der Waals surface area contributed by atoms with Crippen LogP contribution in [0.1, 0.15) is 23.1 Å². The molecule has 0 bridgehead atoms. The van der Waals surface area contributed by atoms with E-state index in [0.29, 0.717) is 18.4 Å². The van der Waals surface area contributed by atoms with Crippen LogP contribution in [0.25, 0.3) is 0 Å². The molecular formula is C12H13NO4Re. The van der Waals surface area contributed by atoms with Crippen molar-refractivity contribution in [2.45, 2.75) is 26.2 Å². The number of nitrogens with zero attached hydrogens (tertiary/aromatic N) is 1. The van der Waals surface area contributed by atoms with Crippen molar-refractivity contribution in [3.05, 3.63) is 38.9 Å². The van der Waals surface area contributed by atoms with E-state index >= 15 is 0 Å². The molecule has 1 N–H and O–H groups in total. The summed E-state index contributed by atoms with van der Waals surface area (Å²) in [4.78, 5) is 21.5. The molecule has 0 heterocycles. The minimum Gasteiger partial charge on any atom is -0.481 e. The molecule has 6 heteroatoms.